The van der Waals surface area contributed by atoms with Gasteiger partial charge in [-0.25, -0.2) is 0 Å². The standard InChI is InChI=1S/C52H81N4O12P/c1-10-33(4)48(44(67-8)31-47(61)55-25-17-20-41(55)50(68-9)35(6)42(57)29-39(69(65)66)27-36-18-13-11-14-19-36)54(7)51(62)40(32(2)3)30-43(58)49-37-22-23-38(28-37)56(49)46(60)21-15-12-16-24-53-45(59)26-34(5)52(63)64/h11,13-14,18-19,32-35,37-41,44,48-50H,10,12,15-17,20-31H2,1-9H3,(H2-,53,59,63,64,65,66)/p+1/t33-,34?,35-,37-,38+,39+,40-,41-,44+,48-,49-,50+/m0/s1. The van der Waals surface area contributed by atoms with Gasteiger partial charge in [0.25, 0.3) is 0 Å². The molecule has 13 atom stereocenters. The average molecular weight is 986 g/mol. The van der Waals surface area contributed by atoms with E-state index in [1.165, 1.54) is 21.1 Å². The van der Waals surface area contributed by atoms with Crippen molar-refractivity contribution in [3.8, 4) is 0 Å². The number of hydrogen-bond acceptors (Lipinski definition) is 10. The van der Waals surface area contributed by atoms with Gasteiger partial charge in [-0.2, -0.15) is 4.89 Å². The highest BCUT2D eigenvalue weighted by Crippen LogP contribution is 2.44. The number of carbonyl (C=O) groups excluding carboxylic acids is 6. The minimum Gasteiger partial charge on any atom is -0.481 e. The summed E-state index contributed by atoms with van der Waals surface area (Å²) >= 11 is 0. The fourth-order valence-electron chi connectivity index (χ4n) is 11.2. The summed E-state index contributed by atoms with van der Waals surface area (Å²) in [6.45, 7) is 12.0. The summed E-state index contributed by atoms with van der Waals surface area (Å²) in [5, 5.41) is 11.8. The number of ether oxygens (including phenoxy) is 2. The first-order chi connectivity index (χ1) is 32.7. The molecule has 3 fully saturated rings. The van der Waals surface area contributed by atoms with Crippen LogP contribution in [0.1, 0.15) is 137 Å². The number of hydrogen-bond donors (Lipinski definition) is 3. The van der Waals surface area contributed by atoms with Crippen molar-refractivity contribution in [3.63, 3.8) is 0 Å². The average Bonchev–Trinajstić information content (AvgIpc) is 4.09. The fourth-order valence-corrected chi connectivity index (χ4v) is 11.9. The molecular formula is C52H82N4O12P+. The van der Waals surface area contributed by atoms with Crippen molar-refractivity contribution < 1.29 is 57.6 Å². The molecule has 17 heteroatoms. The van der Waals surface area contributed by atoms with Gasteiger partial charge in [-0.15, -0.1) is 0 Å². The van der Waals surface area contributed by atoms with Gasteiger partial charge in [0.1, 0.15) is 5.78 Å². The van der Waals surface area contributed by atoms with Crippen LogP contribution in [0.25, 0.3) is 0 Å². The Hall–Kier alpha value is -4.11. The highest BCUT2D eigenvalue weighted by atomic mass is 31.1. The Morgan fingerprint density at radius 1 is 0.884 bits per heavy atom. The Bertz CT molecular complexity index is 1920. The number of nitrogens with one attached hydrogen (secondary N) is 1. The van der Waals surface area contributed by atoms with Crippen LogP contribution in [-0.4, -0.2) is 142 Å². The quantitative estimate of drug-likeness (QED) is 0.0548. The monoisotopic (exact) mass is 986 g/mol. The molecule has 4 rings (SSSR count). The molecule has 69 heavy (non-hydrogen) atoms. The lowest BCUT2D eigenvalue weighted by molar-refractivity contribution is -0.150. The first kappa shape index (κ1) is 57.5. The van der Waals surface area contributed by atoms with E-state index in [2.05, 4.69) is 5.32 Å². The van der Waals surface area contributed by atoms with Gasteiger partial charge >= 0.3 is 14.0 Å². The zero-order valence-electron chi connectivity index (χ0n) is 42.7. The van der Waals surface area contributed by atoms with Crippen molar-refractivity contribution >= 4 is 49.2 Å². The molecule has 2 bridgehead atoms. The number of carboxylic acid groups (broad SMARTS) is 1. The lowest BCUT2D eigenvalue weighted by Crippen LogP contribution is -2.54. The molecule has 1 aromatic rings. The molecule has 1 aliphatic carbocycles. The summed E-state index contributed by atoms with van der Waals surface area (Å²) in [5.74, 6) is -4.46. The molecule has 386 valence electrons. The summed E-state index contributed by atoms with van der Waals surface area (Å²) in [6, 6.07) is 7.78. The number of likely N-dealkylation sites (tertiary alicyclic amines) is 2. The number of amides is 4. The maximum atomic E-state index is 14.7. The van der Waals surface area contributed by atoms with E-state index < -0.39 is 67.7 Å². The van der Waals surface area contributed by atoms with Gasteiger partial charge in [0, 0.05) is 77.9 Å². The number of carboxylic acids is 1. The number of fused-ring (bicyclic) bond motifs is 2. The number of rotatable bonds is 30. The highest BCUT2D eigenvalue weighted by molar-refractivity contribution is 7.39. The molecule has 3 aliphatic rings. The van der Waals surface area contributed by atoms with Gasteiger partial charge in [-0.05, 0) is 72.8 Å². The summed E-state index contributed by atoms with van der Waals surface area (Å²) in [6.07, 6.45) is 5.35. The van der Waals surface area contributed by atoms with E-state index >= 15 is 0 Å². The molecular weight excluding hydrogens is 904 g/mol. The van der Waals surface area contributed by atoms with Gasteiger partial charge in [0.2, 0.25) is 23.6 Å². The van der Waals surface area contributed by atoms with Crippen molar-refractivity contribution in [2.24, 2.45) is 35.5 Å². The third kappa shape index (κ3) is 15.4. The smallest absolute Gasteiger partial charge is 0.481 e. The van der Waals surface area contributed by atoms with Crippen LogP contribution < -0.4 is 5.32 Å². The van der Waals surface area contributed by atoms with Crippen LogP contribution >= 0.6 is 8.03 Å². The molecule has 1 saturated carbocycles. The predicted molar refractivity (Wildman–Crippen MR) is 262 cm³/mol. The lowest BCUT2D eigenvalue weighted by Gasteiger charge is -2.41. The number of piperidine rings is 1. The van der Waals surface area contributed by atoms with E-state index in [0.29, 0.717) is 51.6 Å². The second-order valence-corrected chi connectivity index (χ2v) is 21.8. The fraction of sp³-hybridized carbons (Fsp3) is 0.750. The van der Waals surface area contributed by atoms with Crippen LogP contribution in [0.3, 0.4) is 0 Å². The normalized spacial score (nSPS) is 22.6. The van der Waals surface area contributed by atoms with Gasteiger partial charge in [0.15, 0.2) is 11.4 Å². The molecule has 0 spiro atoms. The second kappa shape index (κ2) is 27.5. The van der Waals surface area contributed by atoms with Crippen molar-refractivity contribution in [1.29, 1.82) is 0 Å². The van der Waals surface area contributed by atoms with E-state index in [4.69, 9.17) is 14.6 Å². The SMILES string of the molecule is CC[C@H](C)[C@@H]([C@@H](CC(=O)N1CCC[C@H]1[C@H](OC)[C@@H](C)C(=O)C[C@@H](Cc1ccccc1)[P+](=O)O)OC)N(C)C(=O)[C@@H](CC(=O)[C@@H]1[C@H]2CC[C@H](C2)N1C(=O)CCCCCNC(=O)CC(C)C(=O)O)C(C)C. The second-order valence-electron chi connectivity index (χ2n) is 20.5. The third-order valence-corrected chi connectivity index (χ3v) is 16.5. The number of methoxy groups -OCH3 is 2. The van der Waals surface area contributed by atoms with Crippen LogP contribution in [0.2, 0.25) is 0 Å². The van der Waals surface area contributed by atoms with E-state index in [1.54, 1.807) is 28.7 Å². The van der Waals surface area contributed by atoms with Crippen molar-refractivity contribution in [2.45, 2.75) is 180 Å². The first-order valence-electron chi connectivity index (χ1n) is 25.4. The number of nitrogens with zero attached hydrogens (tertiary/aromatic N) is 3. The van der Waals surface area contributed by atoms with E-state index in [1.807, 2.05) is 58.0 Å². The van der Waals surface area contributed by atoms with Crippen LogP contribution in [0.15, 0.2) is 30.3 Å². The lowest BCUT2D eigenvalue weighted by atomic mass is 9.83. The summed E-state index contributed by atoms with van der Waals surface area (Å²) in [5.41, 5.74) is 0.110. The van der Waals surface area contributed by atoms with Gasteiger partial charge in [-0.3, -0.25) is 33.6 Å². The van der Waals surface area contributed by atoms with Gasteiger partial charge < -0.3 is 34.6 Å². The topological polar surface area (TPSA) is 217 Å². The van der Waals surface area contributed by atoms with Crippen molar-refractivity contribution in [1.82, 2.24) is 20.0 Å². The zero-order valence-corrected chi connectivity index (χ0v) is 43.6. The number of ketones is 2. The van der Waals surface area contributed by atoms with Crippen LogP contribution in [0, 0.1) is 35.5 Å². The van der Waals surface area contributed by atoms with E-state index in [0.717, 1.165) is 24.8 Å². The summed E-state index contributed by atoms with van der Waals surface area (Å²) in [4.78, 5) is 110. The minimum absolute atomic E-state index is 0.00786. The zero-order chi connectivity index (χ0) is 51.1. The molecule has 0 radical (unpaired) electrons. The number of carbonyl (C=O) groups is 7. The molecule has 2 saturated heterocycles. The number of unbranched alkanes of at least 4 members (excludes halogenated alkanes) is 2. The maximum absolute atomic E-state index is 14.7. The summed E-state index contributed by atoms with van der Waals surface area (Å²) in [7, 11) is 2.16. The van der Waals surface area contributed by atoms with E-state index in [9.17, 15) is 43.0 Å². The number of likely N-dealkylation sites (N-methyl/N-ethyl adjacent to an activating group) is 1. The molecule has 2 heterocycles. The molecule has 2 aliphatic heterocycles. The van der Waals surface area contributed by atoms with Gasteiger partial charge in [0.05, 0.1) is 49.1 Å². The van der Waals surface area contributed by atoms with E-state index in [-0.39, 0.29) is 97.5 Å². The third-order valence-electron chi connectivity index (χ3n) is 15.5. The molecule has 3 N–H and O–H groups in total. The van der Waals surface area contributed by atoms with Crippen LogP contribution in [0.4, 0.5) is 0 Å². The molecule has 4 amide bonds. The molecule has 2 unspecified atom stereocenters. The number of aliphatic carboxylic acids is 1. The number of Topliss-reactive ketones (excluding diaryl/α,β-unsaturated/α-hetero) is 2. The van der Waals surface area contributed by atoms with Crippen molar-refractivity contribution in [3.05, 3.63) is 35.9 Å². The van der Waals surface area contributed by atoms with Gasteiger partial charge in [-0.1, -0.05) is 84.7 Å². The Morgan fingerprint density at radius 3 is 2.19 bits per heavy atom. The first-order valence-corrected chi connectivity index (χ1v) is 26.7. The predicted octanol–water partition coefficient (Wildman–Crippen LogP) is 6.61. The summed E-state index contributed by atoms with van der Waals surface area (Å²) < 4.78 is 24.5. The highest BCUT2D eigenvalue weighted by Gasteiger charge is 2.52. The Labute approximate surface area is 411 Å². The van der Waals surface area contributed by atoms with Crippen LogP contribution in [-0.2, 0) is 54.0 Å². The number of benzene rings is 1. The maximum Gasteiger partial charge on any atom is 0.509 e. The Kier molecular flexibility index (Phi) is 22.9. The molecule has 1 aromatic carbocycles. The Morgan fingerprint density at radius 2 is 1.58 bits per heavy atom. The Balaban J connectivity index is 1.40. The molecule has 16 nitrogen and oxygen atoms in total. The van der Waals surface area contributed by atoms with Crippen molar-refractivity contribution in [2.75, 3.05) is 34.4 Å². The molecule has 0 aromatic heterocycles. The minimum atomic E-state index is -2.63. The largest absolute Gasteiger partial charge is 0.509 e. The van der Waals surface area contributed by atoms with Crippen LogP contribution in [0.5, 0.6) is 0 Å².